The normalized spacial score (nSPS) is 11.1. The Labute approximate surface area is 191 Å². The van der Waals surface area contributed by atoms with E-state index in [1.165, 1.54) is 36.7 Å². The van der Waals surface area contributed by atoms with Gasteiger partial charge < -0.3 is 15.4 Å². The van der Waals surface area contributed by atoms with E-state index < -0.39 is 23.6 Å². The van der Waals surface area contributed by atoms with Crippen molar-refractivity contribution in [3.05, 3.63) is 90.3 Å². The van der Waals surface area contributed by atoms with Crippen molar-refractivity contribution in [3.63, 3.8) is 0 Å². The van der Waals surface area contributed by atoms with E-state index in [1.54, 1.807) is 24.3 Å². The Bertz CT molecular complexity index is 1350. The molecule has 0 atom stereocenters. The number of ether oxygens (including phenoxy) is 1. The zero-order valence-electron chi connectivity index (χ0n) is 17.5. The number of aromatic nitrogens is 2. The van der Waals surface area contributed by atoms with Crippen LogP contribution in [-0.2, 0) is 11.0 Å². The van der Waals surface area contributed by atoms with Crippen LogP contribution in [0.2, 0.25) is 0 Å². The van der Waals surface area contributed by atoms with Gasteiger partial charge in [0.05, 0.1) is 16.5 Å². The number of nitrogens with one attached hydrogen (secondary N) is 2. The maximum atomic E-state index is 12.9. The summed E-state index contributed by atoms with van der Waals surface area (Å²) in [6, 6.07) is 17.5. The molecule has 2 amide bonds. The first kappa shape index (κ1) is 22.7. The molecule has 1 aromatic heterocycles. The molecule has 1 heterocycles. The number of para-hydroxylation sites is 1. The quantitative estimate of drug-likeness (QED) is 0.421. The molecule has 0 unspecified atom stereocenters. The molecule has 0 bridgehead atoms. The molecule has 0 saturated heterocycles. The van der Waals surface area contributed by atoms with Crippen LogP contribution in [0, 0.1) is 0 Å². The number of amides is 2. The van der Waals surface area contributed by atoms with Gasteiger partial charge in [-0.1, -0.05) is 24.3 Å². The van der Waals surface area contributed by atoms with Crippen LogP contribution < -0.4 is 15.4 Å². The Morgan fingerprint density at radius 3 is 2.38 bits per heavy atom. The van der Waals surface area contributed by atoms with Crippen LogP contribution in [0.15, 0.2) is 79.1 Å². The summed E-state index contributed by atoms with van der Waals surface area (Å²) in [4.78, 5) is 33.0. The molecular formula is C24H17F3N4O3. The fourth-order valence-electron chi connectivity index (χ4n) is 3.14. The van der Waals surface area contributed by atoms with Gasteiger partial charge in [-0.15, -0.1) is 0 Å². The van der Waals surface area contributed by atoms with Crippen molar-refractivity contribution < 1.29 is 27.5 Å². The fraction of sp³-hybridized carbons (Fsp3) is 0.0833. The molecule has 34 heavy (non-hydrogen) atoms. The lowest BCUT2D eigenvalue weighted by Gasteiger charge is -2.11. The molecule has 0 fully saturated rings. The summed E-state index contributed by atoms with van der Waals surface area (Å²) in [5.74, 6) is -0.854. The number of hydrogen-bond donors (Lipinski definition) is 2. The van der Waals surface area contributed by atoms with Crippen molar-refractivity contribution in [2.24, 2.45) is 0 Å². The molecule has 172 valence electrons. The summed E-state index contributed by atoms with van der Waals surface area (Å²) < 4.78 is 44.2. The van der Waals surface area contributed by atoms with E-state index in [9.17, 15) is 22.8 Å². The summed E-state index contributed by atoms with van der Waals surface area (Å²) >= 11 is 0. The van der Waals surface area contributed by atoms with E-state index in [1.807, 2.05) is 6.07 Å². The monoisotopic (exact) mass is 466 g/mol. The lowest BCUT2D eigenvalue weighted by molar-refractivity contribution is -0.137. The molecule has 0 aliphatic carbocycles. The van der Waals surface area contributed by atoms with E-state index in [0.29, 0.717) is 16.6 Å². The van der Waals surface area contributed by atoms with Crippen LogP contribution in [0.5, 0.6) is 5.88 Å². The van der Waals surface area contributed by atoms with E-state index in [-0.39, 0.29) is 23.7 Å². The minimum Gasteiger partial charge on any atom is -0.467 e. The maximum Gasteiger partial charge on any atom is 0.416 e. The zero-order valence-corrected chi connectivity index (χ0v) is 17.5. The highest BCUT2D eigenvalue weighted by atomic mass is 19.4. The van der Waals surface area contributed by atoms with Gasteiger partial charge in [0.15, 0.2) is 6.61 Å². The second-order valence-corrected chi connectivity index (χ2v) is 7.15. The number of rotatable bonds is 6. The number of carbonyl (C=O) groups excluding carboxylic acids is 2. The predicted octanol–water partition coefficient (Wildman–Crippen LogP) is 4.92. The maximum absolute atomic E-state index is 12.9. The average Bonchev–Trinajstić information content (AvgIpc) is 2.82. The van der Waals surface area contributed by atoms with E-state index >= 15 is 0 Å². The molecule has 2 N–H and O–H groups in total. The van der Waals surface area contributed by atoms with Crippen molar-refractivity contribution in [1.29, 1.82) is 0 Å². The molecular weight excluding hydrogens is 449 g/mol. The molecule has 0 aliphatic heterocycles. The number of anilines is 2. The Kier molecular flexibility index (Phi) is 6.39. The average molecular weight is 466 g/mol. The van der Waals surface area contributed by atoms with E-state index in [2.05, 4.69) is 20.6 Å². The number of benzene rings is 3. The van der Waals surface area contributed by atoms with Crippen molar-refractivity contribution >= 4 is 34.1 Å². The predicted molar refractivity (Wildman–Crippen MR) is 120 cm³/mol. The molecule has 0 radical (unpaired) electrons. The topological polar surface area (TPSA) is 93.2 Å². The number of carbonyl (C=O) groups is 2. The van der Waals surface area contributed by atoms with E-state index in [0.717, 1.165) is 12.1 Å². The third-order valence-corrected chi connectivity index (χ3v) is 4.70. The lowest BCUT2D eigenvalue weighted by Crippen LogP contribution is -2.21. The van der Waals surface area contributed by atoms with Gasteiger partial charge >= 0.3 is 6.18 Å². The van der Waals surface area contributed by atoms with Gasteiger partial charge in [-0.05, 0) is 48.5 Å². The first-order chi connectivity index (χ1) is 16.3. The number of alkyl halides is 3. The van der Waals surface area contributed by atoms with Gasteiger partial charge in [-0.3, -0.25) is 9.59 Å². The van der Waals surface area contributed by atoms with Gasteiger partial charge in [0.1, 0.15) is 6.33 Å². The second kappa shape index (κ2) is 9.57. The van der Waals surface area contributed by atoms with Gasteiger partial charge in [-0.25, -0.2) is 9.97 Å². The van der Waals surface area contributed by atoms with Crippen molar-refractivity contribution in [1.82, 2.24) is 9.97 Å². The minimum atomic E-state index is -4.52. The van der Waals surface area contributed by atoms with Crippen molar-refractivity contribution in [2.45, 2.75) is 6.18 Å². The minimum absolute atomic E-state index is 0.000240. The van der Waals surface area contributed by atoms with Crippen LogP contribution in [0.25, 0.3) is 10.9 Å². The molecule has 0 aliphatic rings. The first-order valence-electron chi connectivity index (χ1n) is 10.0. The standard InChI is InChI=1S/C24H17F3N4O3/c25-24(26,27)16-6-4-8-18(12-16)31-22(33)15-5-3-7-17(11-15)30-21(32)13-34-23-19-9-1-2-10-20(19)28-14-29-23/h1-12,14H,13H2,(H,30,32)(H,31,33). The van der Waals surface area contributed by atoms with Crippen LogP contribution >= 0.6 is 0 Å². The number of nitrogens with zero attached hydrogens (tertiary/aromatic N) is 2. The molecule has 0 spiro atoms. The summed E-state index contributed by atoms with van der Waals surface area (Å²) in [6.45, 7) is -0.332. The van der Waals surface area contributed by atoms with Crippen LogP contribution in [0.4, 0.5) is 24.5 Å². The molecule has 4 rings (SSSR count). The Morgan fingerprint density at radius 2 is 1.59 bits per heavy atom. The van der Waals surface area contributed by atoms with Crippen LogP contribution in [0.1, 0.15) is 15.9 Å². The summed E-state index contributed by atoms with van der Waals surface area (Å²) in [5, 5.41) is 5.70. The Hall–Kier alpha value is -4.47. The third-order valence-electron chi connectivity index (χ3n) is 4.70. The third kappa shape index (κ3) is 5.47. The van der Waals surface area contributed by atoms with Crippen molar-refractivity contribution in [2.75, 3.05) is 17.2 Å². The molecule has 0 saturated carbocycles. The van der Waals surface area contributed by atoms with Crippen molar-refractivity contribution in [3.8, 4) is 5.88 Å². The first-order valence-corrected chi connectivity index (χ1v) is 10.0. The lowest BCUT2D eigenvalue weighted by atomic mass is 10.1. The summed E-state index contributed by atoms with van der Waals surface area (Å²) in [7, 11) is 0. The summed E-state index contributed by atoms with van der Waals surface area (Å²) in [5.41, 5.74) is 0.269. The molecule has 3 aromatic carbocycles. The Balaban J connectivity index is 1.39. The molecule has 10 heteroatoms. The zero-order chi connectivity index (χ0) is 24.1. The largest absolute Gasteiger partial charge is 0.467 e. The number of hydrogen-bond acceptors (Lipinski definition) is 5. The van der Waals surface area contributed by atoms with E-state index in [4.69, 9.17) is 4.74 Å². The van der Waals surface area contributed by atoms with Crippen LogP contribution in [-0.4, -0.2) is 28.4 Å². The SMILES string of the molecule is O=C(COc1ncnc2ccccc12)Nc1cccc(C(=O)Nc2cccc(C(F)(F)F)c2)c1. The molecule has 7 nitrogen and oxygen atoms in total. The second-order valence-electron chi connectivity index (χ2n) is 7.15. The number of halogens is 3. The van der Waals surface area contributed by atoms with Gasteiger partial charge in [0.25, 0.3) is 11.8 Å². The van der Waals surface area contributed by atoms with Gasteiger partial charge in [0, 0.05) is 16.9 Å². The van der Waals surface area contributed by atoms with Gasteiger partial charge in [-0.2, -0.15) is 13.2 Å². The summed E-state index contributed by atoms with van der Waals surface area (Å²) in [6.07, 6.45) is -3.19. The highest BCUT2D eigenvalue weighted by molar-refractivity contribution is 6.05. The van der Waals surface area contributed by atoms with Gasteiger partial charge in [0.2, 0.25) is 5.88 Å². The number of fused-ring (bicyclic) bond motifs is 1. The Morgan fingerprint density at radius 1 is 0.853 bits per heavy atom. The van der Waals surface area contributed by atoms with Crippen LogP contribution in [0.3, 0.4) is 0 Å². The smallest absolute Gasteiger partial charge is 0.416 e. The fourth-order valence-corrected chi connectivity index (χ4v) is 3.14. The highest BCUT2D eigenvalue weighted by Crippen LogP contribution is 2.30. The highest BCUT2D eigenvalue weighted by Gasteiger charge is 2.30. The molecule has 4 aromatic rings.